The second kappa shape index (κ2) is 9.41. The van der Waals surface area contributed by atoms with Gasteiger partial charge in [-0.3, -0.25) is 9.59 Å². The first-order valence-corrected chi connectivity index (χ1v) is 8.03. The number of para-hydroxylation sites is 1. The van der Waals surface area contributed by atoms with Crippen LogP contribution >= 0.6 is 0 Å². The molecule has 2 rings (SSSR count). The Morgan fingerprint density at radius 2 is 1.88 bits per heavy atom. The number of carbonyl (C=O) groups is 2. The van der Waals surface area contributed by atoms with E-state index in [1.54, 1.807) is 24.3 Å². The number of esters is 1. The van der Waals surface area contributed by atoms with Gasteiger partial charge in [0.05, 0.1) is 19.3 Å². The fourth-order valence-corrected chi connectivity index (χ4v) is 2.25. The van der Waals surface area contributed by atoms with Gasteiger partial charge in [0.25, 0.3) is 5.91 Å². The van der Waals surface area contributed by atoms with Crippen molar-refractivity contribution in [2.75, 3.05) is 20.3 Å². The molecule has 2 aromatic rings. The number of halogens is 1. The van der Waals surface area contributed by atoms with Crippen LogP contribution in [0.1, 0.15) is 22.8 Å². The summed E-state index contributed by atoms with van der Waals surface area (Å²) < 4.78 is 28.8. The Labute approximate surface area is 150 Å². The van der Waals surface area contributed by atoms with E-state index in [2.05, 4.69) is 5.32 Å². The Balaban J connectivity index is 1.89. The molecule has 6 nitrogen and oxygen atoms in total. The second-order valence-electron chi connectivity index (χ2n) is 5.23. The van der Waals surface area contributed by atoms with Crippen molar-refractivity contribution in [2.24, 2.45) is 0 Å². The molecule has 1 N–H and O–H groups in total. The van der Waals surface area contributed by atoms with Crippen molar-refractivity contribution in [2.45, 2.75) is 13.5 Å². The summed E-state index contributed by atoms with van der Waals surface area (Å²) in [7, 11) is 1.44. The molecule has 138 valence electrons. The number of benzene rings is 2. The molecule has 0 spiro atoms. The summed E-state index contributed by atoms with van der Waals surface area (Å²) in [6.07, 6.45) is 0. The molecule has 2 aromatic carbocycles. The van der Waals surface area contributed by atoms with Crippen molar-refractivity contribution in [3.8, 4) is 11.5 Å². The topological polar surface area (TPSA) is 73.9 Å². The van der Waals surface area contributed by atoms with Crippen LogP contribution < -0.4 is 14.8 Å². The van der Waals surface area contributed by atoms with E-state index in [4.69, 9.17) is 14.2 Å². The molecular formula is C19H20FNO5. The molecule has 0 radical (unpaired) electrons. The maximum atomic E-state index is 13.3. The minimum atomic E-state index is -0.654. The van der Waals surface area contributed by atoms with Crippen molar-refractivity contribution in [1.82, 2.24) is 5.32 Å². The van der Waals surface area contributed by atoms with E-state index in [1.807, 2.05) is 6.92 Å². The molecule has 0 aliphatic heterocycles. The monoisotopic (exact) mass is 361 g/mol. The second-order valence-corrected chi connectivity index (χ2v) is 5.23. The average molecular weight is 361 g/mol. The molecule has 1 amide bonds. The molecule has 0 saturated heterocycles. The average Bonchev–Trinajstić information content (AvgIpc) is 2.65. The number of carbonyl (C=O) groups excluding carboxylic acids is 2. The minimum absolute atomic E-state index is 0.162. The number of hydrogen-bond donors (Lipinski definition) is 1. The third-order valence-electron chi connectivity index (χ3n) is 3.46. The molecule has 0 aliphatic rings. The van der Waals surface area contributed by atoms with Gasteiger partial charge in [0.15, 0.2) is 0 Å². The quantitative estimate of drug-likeness (QED) is 0.732. The highest BCUT2D eigenvalue weighted by Gasteiger charge is 2.14. The number of rotatable bonds is 8. The van der Waals surface area contributed by atoms with Crippen LogP contribution in [0.4, 0.5) is 4.39 Å². The maximum absolute atomic E-state index is 13.3. The van der Waals surface area contributed by atoms with Gasteiger partial charge in [-0.05, 0) is 37.3 Å². The standard InChI is InChI=1S/C19H20FNO5/c1-3-25-17-7-5-4-6-15(17)19(23)21-11-18(22)26-12-13-10-14(20)8-9-16(13)24-2/h4-10H,3,11-12H2,1-2H3,(H,21,23). The summed E-state index contributed by atoms with van der Waals surface area (Å²) in [6, 6.07) is 10.7. The summed E-state index contributed by atoms with van der Waals surface area (Å²) in [5.41, 5.74) is 0.725. The highest BCUT2D eigenvalue weighted by molar-refractivity contribution is 5.98. The van der Waals surface area contributed by atoms with Gasteiger partial charge in [-0.2, -0.15) is 0 Å². The fraction of sp³-hybridized carbons (Fsp3) is 0.263. The first-order valence-electron chi connectivity index (χ1n) is 8.03. The Morgan fingerprint density at radius 3 is 2.62 bits per heavy atom. The van der Waals surface area contributed by atoms with E-state index in [9.17, 15) is 14.0 Å². The van der Waals surface area contributed by atoms with Crippen LogP contribution in [-0.4, -0.2) is 32.1 Å². The molecule has 0 unspecified atom stereocenters. The lowest BCUT2D eigenvalue weighted by Gasteiger charge is -2.11. The molecule has 0 bridgehead atoms. The lowest BCUT2D eigenvalue weighted by molar-refractivity contribution is -0.143. The summed E-state index contributed by atoms with van der Waals surface area (Å²) >= 11 is 0. The van der Waals surface area contributed by atoms with E-state index in [1.165, 1.54) is 25.3 Å². The zero-order valence-corrected chi connectivity index (χ0v) is 14.6. The van der Waals surface area contributed by atoms with Crippen molar-refractivity contribution in [3.63, 3.8) is 0 Å². The lowest BCUT2D eigenvalue weighted by atomic mass is 10.2. The van der Waals surface area contributed by atoms with Crippen LogP contribution in [0.2, 0.25) is 0 Å². The molecule has 7 heteroatoms. The summed E-state index contributed by atoms with van der Waals surface area (Å²) in [6.45, 7) is 1.75. The van der Waals surface area contributed by atoms with E-state index >= 15 is 0 Å². The van der Waals surface area contributed by atoms with E-state index in [-0.39, 0.29) is 13.2 Å². The van der Waals surface area contributed by atoms with Crippen LogP contribution in [0.5, 0.6) is 11.5 Å². The van der Waals surface area contributed by atoms with Gasteiger partial charge < -0.3 is 19.5 Å². The highest BCUT2D eigenvalue weighted by Crippen LogP contribution is 2.20. The molecule has 0 aromatic heterocycles. The van der Waals surface area contributed by atoms with E-state index in [0.29, 0.717) is 29.2 Å². The molecular weight excluding hydrogens is 341 g/mol. The fourth-order valence-electron chi connectivity index (χ4n) is 2.25. The summed E-state index contributed by atoms with van der Waals surface area (Å²) in [4.78, 5) is 24.0. The molecule has 26 heavy (non-hydrogen) atoms. The summed E-state index contributed by atoms with van der Waals surface area (Å²) in [5.74, 6) is -0.718. The predicted molar refractivity (Wildman–Crippen MR) is 92.7 cm³/mol. The Bertz CT molecular complexity index is 778. The number of methoxy groups -OCH3 is 1. The van der Waals surface area contributed by atoms with Crippen LogP contribution in [-0.2, 0) is 16.1 Å². The van der Waals surface area contributed by atoms with Crippen molar-refractivity contribution < 1.29 is 28.2 Å². The first kappa shape index (κ1) is 19.2. The van der Waals surface area contributed by atoms with Gasteiger partial charge in [-0.15, -0.1) is 0 Å². The largest absolute Gasteiger partial charge is 0.496 e. The van der Waals surface area contributed by atoms with Crippen molar-refractivity contribution in [3.05, 3.63) is 59.4 Å². The number of hydrogen-bond acceptors (Lipinski definition) is 5. The molecule has 0 atom stereocenters. The maximum Gasteiger partial charge on any atom is 0.325 e. The summed E-state index contributed by atoms with van der Waals surface area (Å²) in [5, 5.41) is 2.47. The first-order chi connectivity index (χ1) is 12.5. The van der Waals surface area contributed by atoms with Gasteiger partial charge in [-0.1, -0.05) is 12.1 Å². The predicted octanol–water partition coefficient (Wildman–Crippen LogP) is 2.71. The number of nitrogens with one attached hydrogen (secondary N) is 1. The Kier molecular flexibility index (Phi) is 6.96. The zero-order chi connectivity index (χ0) is 18.9. The molecule has 0 saturated carbocycles. The molecule has 0 fully saturated rings. The van der Waals surface area contributed by atoms with Gasteiger partial charge in [-0.25, -0.2) is 4.39 Å². The Morgan fingerprint density at radius 1 is 1.12 bits per heavy atom. The number of amides is 1. The van der Waals surface area contributed by atoms with Gasteiger partial charge in [0, 0.05) is 5.56 Å². The van der Waals surface area contributed by atoms with Crippen LogP contribution in [0, 0.1) is 5.82 Å². The molecule has 0 aliphatic carbocycles. The van der Waals surface area contributed by atoms with Crippen LogP contribution in [0.15, 0.2) is 42.5 Å². The Hall–Kier alpha value is -3.09. The third kappa shape index (κ3) is 5.20. The van der Waals surface area contributed by atoms with Gasteiger partial charge in [0.2, 0.25) is 0 Å². The van der Waals surface area contributed by atoms with E-state index in [0.717, 1.165) is 0 Å². The third-order valence-corrected chi connectivity index (χ3v) is 3.46. The molecule has 0 heterocycles. The van der Waals surface area contributed by atoms with Crippen molar-refractivity contribution >= 4 is 11.9 Å². The van der Waals surface area contributed by atoms with Gasteiger partial charge >= 0.3 is 5.97 Å². The number of ether oxygens (including phenoxy) is 3. The minimum Gasteiger partial charge on any atom is -0.496 e. The van der Waals surface area contributed by atoms with Crippen LogP contribution in [0.25, 0.3) is 0 Å². The SMILES string of the molecule is CCOc1ccccc1C(=O)NCC(=O)OCc1cc(F)ccc1OC. The van der Waals surface area contributed by atoms with E-state index < -0.39 is 17.7 Å². The van der Waals surface area contributed by atoms with Crippen molar-refractivity contribution in [1.29, 1.82) is 0 Å². The normalized spacial score (nSPS) is 10.1. The lowest BCUT2D eigenvalue weighted by Crippen LogP contribution is -2.30. The highest BCUT2D eigenvalue weighted by atomic mass is 19.1. The van der Waals surface area contributed by atoms with Gasteiger partial charge in [0.1, 0.15) is 30.5 Å². The smallest absolute Gasteiger partial charge is 0.325 e. The van der Waals surface area contributed by atoms with Crippen LogP contribution in [0.3, 0.4) is 0 Å². The zero-order valence-electron chi connectivity index (χ0n) is 14.6.